The van der Waals surface area contributed by atoms with Gasteiger partial charge in [0.15, 0.2) is 18.3 Å². The lowest BCUT2D eigenvalue weighted by Crippen LogP contribution is -2.38. The maximum atomic E-state index is 12.4. The molecule has 0 aliphatic carbocycles. The first kappa shape index (κ1) is 24.7. The molecule has 3 atom stereocenters. The van der Waals surface area contributed by atoms with Gasteiger partial charge in [-0.1, -0.05) is 91.0 Å². The molecule has 0 radical (unpaired) electrons. The fourth-order valence-electron chi connectivity index (χ4n) is 2.86. The van der Waals surface area contributed by atoms with Crippen molar-refractivity contribution < 1.29 is 43.7 Å². The lowest BCUT2D eigenvalue weighted by Gasteiger charge is -2.19. The first-order valence-electron chi connectivity index (χ1n) is 10.2. The van der Waals surface area contributed by atoms with Crippen LogP contribution >= 0.6 is 0 Å². The van der Waals surface area contributed by atoms with Gasteiger partial charge in [0.2, 0.25) is 0 Å². The van der Waals surface area contributed by atoms with E-state index in [-0.39, 0.29) is 16.7 Å². The van der Waals surface area contributed by atoms with Crippen molar-refractivity contribution >= 4 is 25.2 Å². The molecule has 0 saturated carbocycles. The number of rotatable bonds is 9. The minimum atomic E-state index is -2.29. The predicted octanol–water partition coefficient (Wildman–Crippen LogP) is 1.80. The van der Waals surface area contributed by atoms with E-state index in [1.807, 2.05) is 0 Å². The average molecular weight is 464 g/mol. The molecule has 10 heteroatoms. The Bertz CT molecular complexity index is 952. The van der Waals surface area contributed by atoms with Crippen molar-refractivity contribution in [3.05, 3.63) is 108 Å². The quantitative estimate of drug-likeness (QED) is 0.405. The Balaban J connectivity index is 1.75. The van der Waals surface area contributed by atoms with E-state index in [1.165, 1.54) is 36.4 Å². The van der Waals surface area contributed by atoms with Crippen LogP contribution in [0.5, 0.6) is 0 Å². The van der Waals surface area contributed by atoms with E-state index in [9.17, 15) is 29.7 Å². The van der Waals surface area contributed by atoms with E-state index in [1.54, 1.807) is 54.6 Å². The summed E-state index contributed by atoms with van der Waals surface area (Å²) in [7, 11) is -2.29. The second-order valence-electron chi connectivity index (χ2n) is 7.04. The van der Waals surface area contributed by atoms with Gasteiger partial charge >= 0.3 is 25.2 Å². The van der Waals surface area contributed by atoms with Crippen LogP contribution in [0.25, 0.3) is 0 Å². The summed E-state index contributed by atoms with van der Waals surface area (Å²) in [4.78, 5) is 37.3. The van der Waals surface area contributed by atoms with Crippen LogP contribution in [0.3, 0.4) is 0 Å². The minimum Gasteiger partial charge on any atom is -0.460 e. The van der Waals surface area contributed by atoms with Gasteiger partial charge in [-0.15, -0.1) is 0 Å². The van der Waals surface area contributed by atoms with Gasteiger partial charge in [0.1, 0.15) is 0 Å². The first-order valence-corrected chi connectivity index (χ1v) is 10.2. The van der Waals surface area contributed by atoms with Crippen molar-refractivity contribution in [2.24, 2.45) is 0 Å². The molecule has 0 saturated heterocycles. The zero-order valence-corrected chi connectivity index (χ0v) is 17.8. The maximum absolute atomic E-state index is 12.4. The van der Waals surface area contributed by atoms with Crippen LogP contribution in [0.4, 0.5) is 0 Å². The van der Waals surface area contributed by atoms with Crippen molar-refractivity contribution in [2.45, 2.75) is 18.3 Å². The van der Waals surface area contributed by atoms with E-state index in [2.05, 4.69) is 0 Å². The molecule has 0 spiro atoms. The third-order valence-corrected chi connectivity index (χ3v) is 4.65. The van der Waals surface area contributed by atoms with Crippen molar-refractivity contribution in [3.8, 4) is 0 Å². The lowest BCUT2D eigenvalue weighted by atomic mass is 10.1. The summed E-state index contributed by atoms with van der Waals surface area (Å²) in [5, 5.41) is 30.7. The van der Waals surface area contributed by atoms with Gasteiger partial charge in [0.25, 0.3) is 0 Å². The van der Waals surface area contributed by atoms with Crippen LogP contribution in [-0.4, -0.2) is 40.5 Å². The van der Waals surface area contributed by atoms with Gasteiger partial charge < -0.3 is 29.3 Å². The van der Waals surface area contributed by atoms with E-state index < -0.39 is 43.5 Å². The van der Waals surface area contributed by atoms with Crippen molar-refractivity contribution in [2.75, 3.05) is 0 Å². The third kappa shape index (κ3) is 6.52. The number of carbonyl (C=O) groups is 3. The first-order chi connectivity index (χ1) is 16.4. The molecule has 174 valence electrons. The number of aliphatic hydroxyl groups is 3. The SMILES string of the molecule is O=C(OB(OC(=O)C(O)c1ccccc1)OC(=O)C(O)c1ccccc1)C(O)c1ccccc1. The lowest BCUT2D eigenvalue weighted by molar-refractivity contribution is -0.159. The van der Waals surface area contributed by atoms with Crippen molar-refractivity contribution in [1.82, 2.24) is 0 Å². The Morgan fingerprint density at radius 2 is 0.735 bits per heavy atom. The minimum absolute atomic E-state index is 0.178. The second kappa shape index (κ2) is 11.8. The van der Waals surface area contributed by atoms with E-state index >= 15 is 0 Å². The average Bonchev–Trinajstić information content (AvgIpc) is 2.88. The number of aliphatic hydroxyl groups excluding tert-OH is 3. The van der Waals surface area contributed by atoms with Crippen LogP contribution in [0.1, 0.15) is 35.0 Å². The van der Waals surface area contributed by atoms with Gasteiger partial charge in [0, 0.05) is 0 Å². The van der Waals surface area contributed by atoms with Gasteiger partial charge in [-0.2, -0.15) is 0 Å². The number of benzene rings is 3. The molecule has 3 aromatic rings. The van der Waals surface area contributed by atoms with Crippen LogP contribution in [-0.2, 0) is 28.3 Å². The molecule has 0 aromatic heterocycles. The molecule has 3 N–H and O–H groups in total. The summed E-state index contributed by atoms with van der Waals surface area (Å²) in [6.45, 7) is 0. The fourth-order valence-corrected chi connectivity index (χ4v) is 2.86. The van der Waals surface area contributed by atoms with Crippen LogP contribution in [0.2, 0.25) is 0 Å². The summed E-state index contributed by atoms with van der Waals surface area (Å²) in [6.07, 6.45) is -5.34. The molecule has 9 nitrogen and oxygen atoms in total. The molecule has 3 rings (SSSR count). The molecule has 0 aliphatic heterocycles. The molecular formula is C24H21BO9. The summed E-state index contributed by atoms with van der Waals surface area (Å²) >= 11 is 0. The van der Waals surface area contributed by atoms with Gasteiger partial charge in [0.05, 0.1) is 0 Å². The standard InChI is InChI=1S/C24H21BO9/c26-19(16-10-4-1-5-11-16)22(29)32-25(33-23(30)20(27)17-12-6-2-7-13-17)34-24(31)21(28)18-14-8-3-9-15-18/h1-15,19-21,26-28H. The van der Waals surface area contributed by atoms with Gasteiger partial charge in [-0.25, -0.2) is 0 Å². The van der Waals surface area contributed by atoms with Crippen molar-refractivity contribution in [3.63, 3.8) is 0 Å². The van der Waals surface area contributed by atoms with E-state index in [0.717, 1.165) is 0 Å². The Kier molecular flexibility index (Phi) is 8.52. The molecule has 0 fully saturated rings. The van der Waals surface area contributed by atoms with E-state index in [0.29, 0.717) is 0 Å². The van der Waals surface area contributed by atoms with Crippen LogP contribution < -0.4 is 0 Å². The normalized spacial score (nSPS) is 13.1. The summed E-state index contributed by atoms with van der Waals surface area (Å²) in [5.74, 6) is -3.87. The maximum Gasteiger partial charge on any atom is 0.870 e. The zero-order chi connectivity index (χ0) is 24.5. The van der Waals surface area contributed by atoms with E-state index in [4.69, 9.17) is 14.0 Å². The van der Waals surface area contributed by atoms with Crippen molar-refractivity contribution in [1.29, 1.82) is 0 Å². The zero-order valence-electron chi connectivity index (χ0n) is 17.8. The molecule has 0 aliphatic rings. The number of hydrogen-bond donors (Lipinski definition) is 3. The Morgan fingerprint density at radius 1 is 0.500 bits per heavy atom. The summed E-state index contributed by atoms with van der Waals surface area (Å²) in [5.41, 5.74) is 0.535. The molecule has 0 heterocycles. The molecule has 3 unspecified atom stereocenters. The highest BCUT2D eigenvalue weighted by atomic mass is 16.8. The highest BCUT2D eigenvalue weighted by Gasteiger charge is 2.41. The largest absolute Gasteiger partial charge is 0.870 e. The number of carbonyl (C=O) groups excluding carboxylic acids is 3. The third-order valence-electron chi connectivity index (χ3n) is 4.65. The molecule has 0 amide bonds. The smallest absolute Gasteiger partial charge is 0.460 e. The summed E-state index contributed by atoms with van der Waals surface area (Å²) in [6, 6.07) is 23.2. The van der Waals surface area contributed by atoms with Crippen LogP contribution in [0, 0.1) is 0 Å². The monoisotopic (exact) mass is 464 g/mol. The fraction of sp³-hybridized carbons (Fsp3) is 0.125. The highest BCUT2D eigenvalue weighted by molar-refractivity contribution is 6.44. The molecular weight excluding hydrogens is 443 g/mol. The van der Waals surface area contributed by atoms with Crippen LogP contribution in [0.15, 0.2) is 91.0 Å². The molecule has 0 bridgehead atoms. The second-order valence-corrected chi connectivity index (χ2v) is 7.04. The summed E-state index contributed by atoms with van der Waals surface area (Å²) < 4.78 is 14.6. The Labute approximate surface area is 195 Å². The number of hydrogen-bond acceptors (Lipinski definition) is 9. The topological polar surface area (TPSA) is 140 Å². The Morgan fingerprint density at radius 3 is 0.971 bits per heavy atom. The van der Waals surface area contributed by atoms with Gasteiger partial charge in [-0.05, 0) is 16.7 Å². The Hall–Kier alpha value is -3.99. The molecule has 3 aromatic carbocycles. The molecule has 34 heavy (non-hydrogen) atoms. The highest BCUT2D eigenvalue weighted by Crippen LogP contribution is 2.19. The van der Waals surface area contributed by atoms with Gasteiger partial charge in [-0.3, -0.25) is 14.4 Å². The predicted molar refractivity (Wildman–Crippen MR) is 118 cm³/mol.